The molecule has 0 bridgehead atoms. The van der Waals surface area contributed by atoms with Gasteiger partial charge in [0.05, 0.1) is 18.8 Å². The standard InChI is InChI=1S/C25H39N5O4.ClH/c1-24(2,27)23(33)28-20(18-34-17-19-9-5-3-6-10-19)21(31)29-15-11-25(12-16-29,22(26)32)30-13-7-4-8-14-30;/h3,5-6,9-10,20H,4,7-8,11-18,27H2,1-2H3,(H2,26,32)(H,28,33);1H/t20-;/m1./s1. The number of benzene rings is 1. The average molecular weight is 510 g/mol. The summed E-state index contributed by atoms with van der Waals surface area (Å²) >= 11 is 0. The van der Waals surface area contributed by atoms with Crippen LogP contribution in [0.4, 0.5) is 0 Å². The SMILES string of the molecule is CC(C)(N)C(=O)N[C@H](COCc1ccccc1)C(=O)N1CCC(C(N)=O)(N2CCCCC2)CC1.Cl. The molecule has 10 heteroatoms. The predicted molar refractivity (Wildman–Crippen MR) is 137 cm³/mol. The maximum Gasteiger partial charge on any atom is 0.247 e. The van der Waals surface area contributed by atoms with Crippen LogP contribution >= 0.6 is 12.4 Å². The Morgan fingerprint density at radius 1 is 1.06 bits per heavy atom. The summed E-state index contributed by atoms with van der Waals surface area (Å²) in [7, 11) is 0. The zero-order valence-corrected chi connectivity index (χ0v) is 21.6. The van der Waals surface area contributed by atoms with E-state index in [1.165, 1.54) is 0 Å². The molecule has 2 aliphatic heterocycles. The second-order valence-corrected chi connectivity index (χ2v) is 10.0. The molecule has 0 saturated carbocycles. The number of halogens is 1. The third-order valence-corrected chi connectivity index (χ3v) is 6.91. The first-order valence-electron chi connectivity index (χ1n) is 12.2. The number of ether oxygens (including phenoxy) is 1. The Morgan fingerprint density at radius 3 is 2.20 bits per heavy atom. The normalized spacial score (nSPS) is 19.3. The minimum Gasteiger partial charge on any atom is -0.374 e. The van der Waals surface area contributed by atoms with Gasteiger partial charge in [0, 0.05) is 13.1 Å². The van der Waals surface area contributed by atoms with E-state index in [0.717, 1.165) is 37.9 Å². The molecular formula is C25H40ClN5O4. The van der Waals surface area contributed by atoms with Gasteiger partial charge in [-0.15, -0.1) is 12.4 Å². The lowest BCUT2D eigenvalue weighted by atomic mass is 9.83. The summed E-state index contributed by atoms with van der Waals surface area (Å²) in [4.78, 5) is 42.4. The third-order valence-electron chi connectivity index (χ3n) is 6.91. The third kappa shape index (κ3) is 7.39. The molecule has 35 heavy (non-hydrogen) atoms. The molecule has 2 aliphatic rings. The summed E-state index contributed by atoms with van der Waals surface area (Å²) in [5.41, 5.74) is 11.0. The van der Waals surface area contributed by atoms with Crippen LogP contribution < -0.4 is 16.8 Å². The highest BCUT2D eigenvalue weighted by atomic mass is 35.5. The second-order valence-electron chi connectivity index (χ2n) is 10.0. The number of amides is 3. The van der Waals surface area contributed by atoms with Crippen LogP contribution in [0.3, 0.4) is 0 Å². The number of hydrogen-bond acceptors (Lipinski definition) is 6. The highest BCUT2D eigenvalue weighted by molar-refractivity contribution is 5.92. The van der Waals surface area contributed by atoms with Crippen LogP contribution in [0.1, 0.15) is 51.5 Å². The number of piperidine rings is 2. The zero-order valence-electron chi connectivity index (χ0n) is 20.8. The van der Waals surface area contributed by atoms with Gasteiger partial charge in [-0.3, -0.25) is 19.3 Å². The van der Waals surface area contributed by atoms with Crippen molar-refractivity contribution in [3.8, 4) is 0 Å². The van der Waals surface area contributed by atoms with Gasteiger partial charge in [0.1, 0.15) is 11.6 Å². The lowest BCUT2D eigenvalue weighted by Crippen LogP contribution is -2.65. The van der Waals surface area contributed by atoms with Crippen LogP contribution in [0.2, 0.25) is 0 Å². The van der Waals surface area contributed by atoms with E-state index in [1.807, 2.05) is 30.3 Å². The van der Waals surface area contributed by atoms with Gasteiger partial charge in [-0.05, 0) is 58.2 Å². The molecule has 3 amide bonds. The predicted octanol–water partition coefficient (Wildman–Crippen LogP) is 1.18. The number of carbonyl (C=O) groups is 3. The lowest BCUT2D eigenvalue weighted by molar-refractivity contribution is -0.145. The highest BCUT2D eigenvalue weighted by Crippen LogP contribution is 2.31. The molecule has 1 atom stereocenters. The first-order chi connectivity index (χ1) is 16.1. The summed E-state index contributed by atoms with van der Waals surface area (Å²) in [5, 5.41) is 2.76. The van der Waals surface area contributed by atoms with Crippen molar-refractivity contribution in [1.82, 2.24) is 15.1 Å². The van der Waals surface area contributed by atoms with Crippen molar-refractivity contribution in [3.63, 3.8) is 0 Å². The van der Waals surface area contributed by atoms with Crippen LogP contribution in [0, 0.1) is 0 Å². The van der Waals surface area contributed by atoms with Gasteiger partial charge >= 0.3 is 0 Å². The largest absolute Gasteiger partial charge is 0.374 e. The zero-order chi connectivity index (χ0) is 24.8. The topological polar surface area (TPSA) is 131 Å². The van der Waals surface area contributed by atoms with Gasteiger partial charge < -0.3 is 26.4 Å². The Bertz CT molecular complexity index is 847. The van der Waals surface area contributed by atoms with E-state index in [9.17, 15) is 14.4 Å². The average Bonchev–Trinajstić information content (AvgIpc) is 2.83. The first kappa shape index (κ1) is 29.0. The van der Waals surface area contributed by atoms with E-state index in [-0.39, 0.29) is 30.8 Å². The van der Waals surface area contributed by atoms with Crippen LogP contribution in [-0.2, 0) is 25.7 Å². The molecule has 0 aromatic heterocycles. The number of rotatable bonds is 9. The molecule has 2 fully saturated rings. The van der Waals surface area contributed by atoms with Crippen LogP contribution in [0.25, 0.3) is 0 Å². The summed E-state index contributed by atoms with van der Waals surface area (Å²) in [5.74, 6) is -0.976. The number of likely N-dealkylation sites (tertiary alicyclic amines) is 2. The summed E-state index contributed by atoms with van der Waals surface area (Å²) < 4.78 is 5.80. The van der Waals surface area contributed by atoms with E-state index in [2.05, 4.69) is 10.2 Å². The fourth-order valence-electron chi connectivity index (χ4n) is 4.75. The van der Waals surface area contributed by atoms with Crippen LogP contribution in [0.5, 0.6) is 0 Å². The monoisotopic (exact) mass is 509 g/mol. The lowest BCUT2D eigenvalue weighted by Gasteiger charge is -2.48. The number of nitrogens with zero attached hydrogens (tertiary/aromatic N) is 2. The van der Waals surface area contributed by atoms with Gasteiger partial charge in [0.25, 0.3) is 0 Å². The molecule has 1 aromatic carbocycles. The van der Waals surface area contributed by atoms with Gasteiger partial charge in [-0.25, -0.2) is 0 Å². The molecule has 0 spiro atoms. The Kier molecular flexibility index (Phi) is 10.5. The number of hydrogen-bond donors (Lipinski definition) is 3. The van der Waals surface area contributed by atoms with Gasteiger partial charge in [-0.1, -0.05) is 36.8 Å². The van der Waals surface area contributed by atoms with Crippen LogP contribution in [-0.4, -0.2) is 77.4 Å². The first-order valence-corrected chi connectivity index (χ1v) is 12.2. The second kappa shape index (κ2) is 12.7. The van der Waals surface area contributed by atoms with Crippen molar-refractivity contribution < 1.29 is 19.1 Å². The van der Waals surface area contributed by atoms with Gasteiger partial charge in [0.2, 0.25) is 17.7 Å². The van der Waals surface area contributed by atoms with Gasteiger partial charge in [0.15, 0.2) is 0 Å². The molecule has 196 valence electrons. The van der Waals surface area contributed by atoms with Gasteiger partial charge in [-0.2, -0.15) is 0 Å². The molecule has 0 aliphatic carbocycles. The molecule has 0 unspecified atom stereocenters. The molecule has 0 radical (unpaired) electrons. The van der Waals surface area contributed by atoms with Crippen molar-refractivity contribution >= 4 is 30.1 Å². The van der Waals surface area contributed by atoms with Crippen molar-refractivity contribution in [2.24, 2.45) is 11.5 Å². The number of carbonyl (C=O) groups excluding carboxylic acids is 3. The maximum atomic E-state index is 13.4. The maximum absolute atomic E-state index is 13.4. The Hall–Kier alpha value is -2.20. The Morgan fingerprint density at radius 2 is 1.66 bits per heavy atom. The van der Waals surface area contributed by atoms with E-state index in [4.69, 9.17) is 16.2 Å². The molecule has 3 rings (SSSR count). The molecule has 5 N–H and O–H groups in total. The van der Waals surface area contributed by atoms with E-state index in [1.54, 1.807) is 18.7 Å². The molecule has 2 saturated heterocycles. The van der Waals surface area contributed by atoms with E-state index >= 15 is 0 Å². The van der Waals surface area contributed by atoms with E-state index < -0.39 is 23.0 Å². The molecule has 2 heterocycles. The Labute approximate surface area is 214 Å². The van der Waals surface area contributed by atoms with Crippen molar-refractivity contribution in [2.45, 2.75) is 69.7 Å². The summed E-state index contributed by atoms with van der Waals surface area (Å²) in [6, 6.07) is 8.77. The summed E-state index contributed by atoms with van der Waals surface area (Å²) in [6.45, 7) is 6.05. The minimum absolute atomic E-state index is 0. The Balaban J connectivity index is 0.00000432. The summed E-state index contributed by atoms with van der Waals surface area (Å²) in [6.07, 6.45) is 4.25. The van der Waals surface area contributed by atoms with Crippen molar-refractivity contribution in [2.75, 3.05) is 32.8 Å². The number of nitrogens with one attached hydrogen (secondary N) is 1. The fourth-order valence-corrected chi connectivity index (χ4v) is 4.75. The van der Waals surface area contributed by atoms with Crippen molar-refractivity contribution in [3.05, 3.63) is 35.9 Å². The quantitative estimate of drug-likeness (QED) is 0.458. The minimum atomic E-state index is -1.13. The highest BCUT2D eigenvalue weighted by Gasteiger charge is 2.46. The van der Waals surface area contributed by atoms with Crippen molar-refractivity contribution in [1.29, 1.82) is 0 Å². The molecule has 1 aromatic rings. The van der Waals surface area contributed by atoms with E-state index in [0.29, 0.717) is 32.5 Å². The van der Waals surface area contributed by atoms with Crippen LogP contribution in [0.15, 0.2) is 30.3 Å². The fraction of sp³-hybridized carbons (Fsp3) is 0.640. The number of primary amides is 1. The molecular weight excluding hydrogens is 470 g/mol. The smallest absolute Gasteiger partial charge is 0.247 e. The number of nitrogens with two attached hydrogens (primary N) is 2. The molecule has 9 nitrogen and oxygen atoms in total.